The van der Waals surface area contributed by atoms with Crippen molar-refractivity contribution in [1.29, 1.82) is 0 Å². The van der Waals surface area contributed by atoms with Crippen molar-refractivity contribution in [3.05, 3.63) is 0 Å². The number of carbonyl (C=O) groups excluding carboxylic acids is 2. The highest BCUT2D eigenvalue weighted by Gasteiger charge is 2.16. The number of rotatable bonds is 3. The molecule has 1 fully saturated rings. The summed E-state index contributed by atoms with van der Waals surface area (Å²) in [7, 11) is 0. The first-order valence-corrected chi connectivity index (χ1v) is 5.92. The van der Waals surface area contributed by atoms with Crippen molar-refractivity contribution in [2.24, 2.45) is 0 Å². The largest absolute Gasteiger partial charge is 0.448 e. The van der Waals surface area contributed by atoms with Crippen LogP contribution in [0, 0.1) is 0 Å². The zero-order valence-corrected chi connectivity index (χ0v) is 10.1. The van der Waals surface area contributed by atoms with Gasteiger partial charge in [0.1, 0.15) is 0 Å². The Bertz CT molecular complexity index is 254. The summed E-state index contributed by atoms with van der Waals surface area (Å²) < 4.78 is 4.82. The van der Waals surface area contributed by atoms with Gasteiger partial charge in [0.05, 0.1) is 6.61 Å². The third kappa shape index (κ3) is 5.39. The monoisotopic (exact) mass is 244 g/mol. The Kier molecular flexibility index (Phi) is 6.16. The fourth-order valence-electron chi connectivity index (χ4n) is 1.40. The SMILES string of the molecule is CCCCOC(=O)NNC(=O)N1CCNCC1. The van der Waals surface area contributed by atoms with Crippen molar-refractivity contribution in [3.63, 3.8) is 0 Å². The second-order valence-electron chi connectivity index (χ2n) is 3.78. The van der Waals surface area contributed by atoms with Gasteiger partial charge >= 0.3 is 12.1 Å². The second kappa shape index (κ2) is 7.72. The zero-order chi connectivity index (χ0) is 12.5. The van der Waals surface area contributed by atoms with Crippen molar-refractivity contribution >= 4 is 12.1 Å². The van der Waals surface area contributed by atoms with Crippen molar-refractivity contribution in [1.82, 2.24) is 21.1 Å². The molecule has 0 radical (unpaired) electrons. The summed E-state index contributed by atoms with van der Waals surface area (Å²) in [6, 6.07) is -0.307. The molecule has 1 aliphatic rings. The molecule has 0 bridgehead atoms. The standard InChI is InChI=1S/C10H20N4O3/c1-2-3-8-17-10(16)13-12-9(15)14-6-4-11-5-7-14/h11H,2-8H2,1H3,(H,12,15)(H,13,16). The lowest BCUT2D eigenvalue weighted by Crippen LogP contribution is -2.54. The Morgan fingerprint density at radius 3 is 2.65 bits per heavy atom. The van der Waals surface area contributed by atoms with Crippen molar-refractivity contribution in [3.8, 4) is 0 Å². The first-order chi connectivity index (χ1) is 8.24. The maximum atomic E-state index is 11.5. The Hall–Kier alpha value is -1.50. The maximum absolute atomic E-state index is 11.5. The molecule has 0 aromatic rings. The van der Waals surface area contributed by atoms with E-state index in [1.165, 1.54) is 0 Å². The van der Waals surface area contributed by atoms with Crippen LogP contribution in [-0.4, -0.2) is 49.8 Å². The summed E-state index contributed by atoms with van der Waals surface area (Å²) in [5.74, 6) is 0. The molecule has 7 heteroatoms. The fraction of sp³-hybridized carbons (Fsp3) is 0.800. The number of nitrogens with one attached hydrogen (secondary N) is 3. The Balaban J connectivity index is 2.11. The third-order valence-electron chi connectivity index (χ3n) is 2.41. The molecular formula is C10H20N4O3. The van der Waals surface area contributed by atoms with Crippen molar-refractivity contribution in [2.45, 2.75) is 19.8 Å². The van der Waals surface area contributed by atoms with Crippen LogP contribution in [0.1, 0.15) is 19.8 Å². The van der Waals surface area contributed by atoms with Gasteiger partial charge in [-0.3, -0.25) is 0 Å². The van der Waals surface area contributed by atoms with E-state index in [0.29, 0.717) is 19.7 Å². The van der Waals surface area contributed by atoms with Crippen LogP contribution in [0.2, 0.25) is 0 Å². The van der Waals surface area contributed by atoms with E-state index < -0.39 is 6.09 Å². The van der Waals surface area contributed by atoms with Gasteiger partial charge in [0, 0.05) is 26.2 Å². The van der Waals surface area contributed by atoms with Gasteiger partial charge in [-0.1, -0.05) is 13.3 Å². The van der Waals surface area contributed by atoms with E-state index in [0.717, 1.165) is 25.9 Å². The number of piperazine rings is 1. The van der Waals surface area contributed by atoms with Crippen LogP contribution in [0.5, 0.6) is 0 Å². The van der Waals surface area contributed by atoms with Crippen LogP contribution < -0.4 is 16.2 Å². The lowest BCUT2D eigenvalue weighted by molar-refractivity contribution is 0.136. The van der Waals surface area contributed by atoms with E-state index >= 15 is 0 Å². The predicted octanol–water partition coefficient (Wildman–Crippen LogP) is 0.0425. The van der Waals surface area contributed by atoms with Gasteiger partial charge in [0.15, 0.2) is 0 Å². The summed E-state index contributed by atoms with van der Waals surface area (Å²) in [6.07, 6.45) is 1.15. The smallest absolute Gasteiger partial charge is 0.426 e. The number of hydrogen-bond acceptors (Lipinski definition) is 4. The number of hydrogen-bond donors (Lipinski definition) is 3. The van der Waals surface area contributed by atoms with Crippen LogP contribution in [0.3, 0.4) is 0 Å². The molecule has 0 aromatic heterocycles. The average Bonchev–Trinajstić information content (AvgIpc) is 2.37. The number of amides is 3. The van der Waals surface area contributed by atoms with Gasteiger partial charge in [0.25, 0.3) is 0 Å². The normalized spacial score (nSPS) is 15.2. The first-order valence-electron chi connectivity index (χ1n) is 5.92. The van der Waals surface area contributed by atoms with Gasteiger partial charge < -0.3 is 15.0 Å². The van der Waals surface area contributed by atoms with Gasteiger partial charge in [-0.25, -0.2) is 20.4 Å². The molecule has 0 saturated carbocycles. The highest BCUT2D eigenvalue weighted by molar-refractivity contribution is 5.77. The molecule has 0 spiro atoms. The molecule has 0 aromatic carbocycles. The van der Waals surface area contributed by atoms with E-state index in [4.69, 9.17) is 4.74 Å². The first kappa shape index (κ1) is 13.6. The van der Waals surface area contributed by atoms with Crippen LogP contribution >= 0.6 is 0 Å². The third-order valence-corrected chi connectivity index (χ3v) is 2.41. The fourth-order valence-corrected chi connectivity index (χ4v) is 1.40. The topological polar surface area (TPSA) is 82.7 Å². The number of unbranched alkanes of at least 4 members (excludes halogenated alkanes) is 1. The minimum atomic E-state index is -0.623. The van der Waals surface area contributed by atoms with E-state index in [1.807, 2.05) is 6.92 Å². The summed E-state index contributed by atoms with van der Waals surface area (Å²) >= 11 is 0. The molecule has 0 atom stereocenters. The van der Waals surface area contributed by atoms with Crippen molar-refractivity contribution < 1.29 is 14.3 Å². The molecule has 1 heterocycles. The zero-order valence-electron chi connectivity index (χ0n) is 10.1. The molecule has 3 amide bonds. The summed E-state index contributed by atoms with van der Waals surface area (Å²) in [4.78, 5) is 24.3. The lowest BCUT2D eigenvalue weighted by Gasteiger charge is -2.27. The molecule has 98 valence electrons. The molecular weight excluding hydrogens is 224 g/mol. The number of carbonyl (C=O) groups is 2. The highest BCUT2D eigenvalue weighted by Crippen LogP contribution is 1.92. The summed E-state index contributed by atoms with van der Waals surface area (Å²) in [6.45, 7) is 5.19. The molecule has 1 saturated heterocycles. The number of ether oxygens (including phenoxy) is 1. The Labute approximate surface area is 101 Å². The van der Waals surface area contributed by atoms with E-state index in [9.17, 15) is 9.59 Å². The van der Waals surface area contributed by atoms with E-state index in [-0.39, 0.29) is 6.03 Å². The van der Waals surface area contributed by atoms with Gasteiger partial charge in [-0.15, -0.1) is 0 Å². The number of nitrogens with zero attached hydrogens (tertiary/aromatic N) is 1. The summed E-state index contributed by atoms with van der Waals surface area (Å²) in [5.41, 5.74) is 4.53. The average molecular weight is 244 g/mol. The minimum Gasteiger partial charge on any atom is -0.448 e. The Morgan fingerprint density at radius 2 is 2.00 bits per heavy atom. The van der Waals surface area contributed by atoms with E-state index in [1.54, 1.807) is 4.90 Å². The van der Waals surface area contributed by atoms with Crippen LogP contribution in [-0.2, 0) is 4.74 Å². The lowest BCUT2D eigenvalue weighted by atomic mass is 10.4. The van der Waals surface area contributed by atoms with Crippen LogP contribution in [0.25, 0.3) is 0 Å². The van der Waals surface area contributed by atoms with Gasteiger partial charge in [-0.2, -0.15) is 0 Å². The highest BCUT2D eigenvalue weighted by atomic mass is 16.6. The van der Waals surface area contributed by atoms with Crippen molar-refractivity contribution in [2.75, 3.05) is 32.8 Å². The molecule has 17 heavy (non-hydrogen) atoms. The molecule has 3 N–H and O–H groups in total. The van der Waals surface area contributed by atoms with Gasteiger partial charge in [-0.05, 0) is 6.42 Å². The minimum absolute atomic E-state index is 0.307. The predicted molar refractivity (Wildman–Crippen MR) is 62.4 cm³/mol. The molecule has 0 unspecified atom stereocenters. The summed E-state index contributed by atoms with van der Waals surface area (Å²) in [5, 5.41) is 3.14. The van der Waals surface area contributed by atoms with E-state index in [2.05, 4.69) is 16.2 Å². The molecule has 1 aliphatic heterocycles. The number of hydrazine groups is 1. The quantitative estimate of drug-likeness (QED) is 0.483. The van der Waals surface area contributed by atoms with Gasteiger partial charge in [0.2, 0.25) is 0 Å². The number of urea groups is 1. The molecule has 1 rings (SSSR count). The molecule has 0 aliphatic carbocycles. The maximum Gasteiger partial charge on any atom is 0.426 e. The second-order valence-corrected chi connectivity index (χ2v) is 3.78. The molecule has 7 nitrogen and oxygen atoms in total. The van der Waals surface area contributed by atoms with Crippen LogP contribution in [0.15, 0.2) is 0 Å². The van der Waals surface area contributed by atoms with Crippen LogP contribution in [0.4, 0.5) is 9.59 Å². The Morgan fingerprint density at radius 1 is 1.29 bits per heavy atom.